The second-order valence-electron chi connectivity index (χ2n) is 3.88. The highest BCUT2D eigenvalue weighted by molar-refractivity contribution is 7.09. The van der Waals surface area contributed by atoms with Crippen LogP contribution < -0.4 is 5.32 Å². The van der Waals surface area contributed by atoms with Crippen molar-refractivity contribution < 1.29 is 4.74 Å². The standard InChI is InChI=1S/C11H18N2OS/c1-2-10(11-12-5-8-15-11)13-9-3-6-14-7-4-9/h5,8-10,13H,2-4,6-7H2,1H3. The van der Waals surface area contributed by atoms with E-state index in [9.17, 15) is 0 Å². The molecule has 0 aliphatic carbocycles. The maximum absolute atomic E-state index is 5.35. The number of rotatable bonds is 4. The van der Waals surface area contributed by atoms with Crippen molar-refractivity contribution in [3.63, 3.8) is 0 Å². The Morgan fingerprint density at radius 1 is 1.60 bits per heavy atom. The monoisotopic (exact) mass is 226 g/mol. The molecule has 0 radical (unpaired) electrons. The molecule has 0 spiro atoms. The van der Waals surface area contributed by atoms with Gasteiger partial charge in [-0.05, 0) is 19.3 Å². The molecule has 4 heteroatoms. The highest BCUT2D eigenvalue weighted by Gasteiger charge is 2.19. The average molecular weight is 226 g/mol. The van der Waals surface area contributed by atoms with Crippen LogP contribution in [-0.4, -0.2) is 24.2 Å². The van der Waals surface area contributed by atoms with Gasteiger partial charge in [0.15, 0.2) is 0 Å². The molecule has 2 rings (SSSR count). The van der Waals surface area contributed by atoms with Gasteiger partial charge in [0.1, 0.15) is 5.01 Å². The van der Waals surface area contributed by atoms with Gasteiger partial charge in [-0.1, -0.05) is 6.92 Å². The molecule has 1 unspecified atom stereocenters. The molecule has 1 saturated heterocycles. The zero-order valence-electron chi connectivity index (χ0n) is 9.11. The van der Waals surface area contributed by atoms with Crippen molar-refractivity contribution >= 4 is 11.3 Å². The third-order valence-electron chi connectivity index (χ3n) is 2.82. The fourth-order valence-corrected chi connectivity index (χ4v) is 2.70. The molecule has 0 aromatic carbocycles. The van der Waals surface area contributed by atoms with Gasteiger partial charge in [0, 0.05) is 30.8 Å². The first-order valence-corrected chi connectivity index (χ1v) is 6.51. The van der Waals surface area contributed by atoms with Crippen molar-refractivity contribution in [1.82, 2.24) is 10.3 Å². The normalized spacial score (nSPS) is 20.3. The van der Waals surface area contributed by atoms with Crippen LogP contribution in [0, 0.1) is 0 Å². The molecule has 0 bridgehead atoms. The Morgan fingerprint density at radius 3 is 3.00 bits per heavy atom. The van der Waals surface area contributed by atoms with Gasteiger partial charge in [-0.25, -0.2) is 4.98 Å². The van der Waals surface area contributed by atoms with Crippen molar-refractivity contribution in [2.45, 2.75) is 38.3 Å². The van der Waals surface area contributed by atoms with E-state index in [0.29, 0.717) is 12.1 Å². The Labute approximate surface area is 94.9 Å². The molecule has 1 aliphatic rings. The molecule has 1 aliphatic heterocycles. The lowest BCUT2D eigenvalue weighted by Gasteiger charge is -2.27. The Kier molecular flexibility index (Phi) is 4.11. The van der Waals surface area contributed by atoms with E-state index in [1.807, 2.05) is 11.6 Å². The number of hydrogen-bond acceptors (Lipinski definition) is 4. The van der Waals surface area contributed by atoms with E-state index >= 15 is 0 Å². The predicted octanol–water partition coefficient (Wildman–Crippen LogP) is 2.36. The molecule has 1 N–H and O–H groups in total. The molecule has 1 aromatic rings. The van der Waals surface area contributed by atoms with Gasteiger partial charge < -0.3 is 10.1 Å². The van der Waals surface area contributed by atoms with Gasteiger partial charge >= 0.3 is 0 Å². The lowest BCUT2D eigenvalue weighted by molar-refractivity contribution is 0.0746. The van der Waals surface area contributed by atoms with Gasteiger partial charge in [-0.15, -0.1) is 11.3 Å². The molecular formula is C11H18N2OS. The summed E-state index contributed by atoms with van der Waals surface area (Å²) in [6.07, 6.45) is 5.24. The summed E-state index contributed by atoms with van der Waals surface area (Å²) >= 11 is 1.74. The van der Waals surface area contributed by atoms with Crippen molar-refractivity contribution in [3.8, 4) is 0 Å². The topological polar surface area (TPSA) is 34.1 Å². The molecule has 2 heterocycles. The van der Waals surface area contributed by atoms with Gasteiger partial charge in [-0.2, -0.15) is 0 Å². The largest absolute Gasteiger partial charge is 0.381 e. The van der Waals surface area contributed by atoms with Gasteiger partial charge in [-0.3, -0.25) is 0 Å². The zero-order valence-corrected chi connectivity index (χ0v) is 9.93. The summed E-state index contributed by atoms with van der Waals surface area (Å²) in [6.45, 7) is 4.00. The summed E-state index contributed by atoms with van der Waals surface area (Å²) in [5.41, 5.74) is 0. The first-order chi connectivity index (χ1) is 7.40. The van der Waals surface area contributed by atoms with Gasteiger partial charge in [0.2, 0.25) is 0 Å². The smallest absolute Gasteiger partial charge is 0.109 e. The molecule has 0 saturated carbocycles. The van der Waals surface area contributed by atoms with Crippen LogP contribution in [0.15, 0.2) is 11.6 Å². The van der Waals surface area contributed by atoms with Gasteiger partial charge in [0.05, 0.1) is 6.04 Å². The van der Waals surface area contributed by atoms with Crippen LogP contribution in [0.1, 0.15) is 37.2 Å². The Balaban J connectivity index is 1.90. The van der Waals surface area contributed by atoms with Crippen molar-refractivity contribution in [2.75, 3.05) is 13.2 Å². The van der Waals surface area contributed by atoms with E-state index < -0.39 is 0 Å². The highest BCUT2D eigenvalue weighted by atomic mass is 32.1. The van der Waals surface area contributed by atoms with Gasteiger partial charge in [0.25, 0.3) is 0 Å². The number of nitrogens with zero attached hydrogens (tertiary/aromatic N) is 1. The van der Waals surface area contributed by atoms with Crippen LogP contribution >= 0.6 is 11.3 Å². The maximum Gasteiger partial charge on any atom is 0.109 e. The van der Waals surface area contributed by atoms with Crippen molar-refractivity contribution in [3.05, 3.63) is 16.6 Å². The summed E-state index contributed by atoms with van der Waals surface area (Å²) in [5.74, 6) is 0. The van der Waals surface area contributed by atoms with Crippen molar-refractivity contribution in [2.24, 2.45) is 0 Å². The molecular weight excluding hydrogens is 208 g/mol. The van der Waals surface area contributed by atoms with E-state index in [1.165, 1.54) is 5.01 Å². The summed E-state index contributed by atoms with van der Waals surface area (Å²) in [7, 11) is 0. The summed E-state index contributed by atoms with van der Waals surface area (Å²) in [5, 5.41) is 6.93. The van der Waals surface area contributed by atoms with E-state index in [1.54, 1.807) is 11.3 Å². The van der Waals surface area contributed by atoms with Crippen molar-refractivity contribution in [1.29, 1.82) is 0 Å². The molecule has 84 valence electrons. The minimum atomic E-state index is 0.424. The minimum Gasteiger partial charge on any atom is -0.381 e. The van der Waals surface area contributed by atoms with Crippen LogP contribution in [0.2, 0.25) is 0 Å². The van der Waals surface area contributed by atoms with E-state index in [2.05, 4.69) is 17.2 Å². The number of thiazole rings is 1. The number of aromatic nitrogens is 1. The summed E-state index contributed by atoms with van der Waals surface area (Å²) < 4.78 is 5.35. The zero-order chi connectivity index (χ0) is 10.5. The SMILES string of the molecule is CCC(NC1CCOCC1)c1nccs1. The Morgan fingerprint density at radius 2 is 2.40 bits per heavy atom. The Bertz CT molecular complexity index is 270. The third kappa shape index (κ3) is 3.00. The number of hydrogen-bond donors (Lipinski definition) is 1. The summed E-state index contributed by atoms with van der Waals surface area (Å²) in [6, 6.07) is 1.03. The second-order valence-corrected chi connectivity index (χ2v) is 4.81. The number of nitrogens with one attached hydrogen (secondary N) is 1. The quantitative estimate of drug-likeness (QED) is 0.856. The maximum atomic E-state index is 5.35. The lowest BCUT2D eigenvalue weighted by atomic mass is 10.1. The fourth-order valence-electron chi connectivity index (χ4n) is 1.92. The Hall–Kier alpha value is -0.450. The first-order valence-electron chi connectivity index (χ1n) is 5.63. The highest BCUT2D eigenvalue weighted by Crippen LogP contribution is 2.21. The summed E-state index contributed by atoms with van der Waals surface area (Å²) in [4.78, 5) is 4.38. The third-order valence-corrected chi connectivity index (χ3v) is 3.71. The molecule has 1 fully saturated rings. The fraction of sp³-hybridized carbons (Fsp3) is 0.727. The predicted molar refractivity (Wildman–Crippen MR) is 62.1 cm³/mol. The number of ether oxygens (including phenoxy) is 1. The van der Waals surface area contributed by atoms with E-state index in [0.717, 1.165) is 32.5 Å². The molecule has 1 atom stereocenters. The first kappa shape index (κ1) is 11.0. The average Bonchev–Trinajstić information content (AvgIpc) is 2.81. The molecule has 3 nitrogen and oxygen atoms in total. The van der Waals surface area contributed by atoms with Crippen LogP contribution in [0.4, 0.5) is 0 Å². The van der Waals surface area contributed by atoms with Crippen LogP contribution in [0.3, 0.4) is 0 Å². The van der Waals surface area contributed by atoms with E-state index in [-0.39, 0.29) is 0 Å². The van der Waals surface area contributed by atoms with Crippen LogP contribution in [-0.2, 0) is 4.74 Å². The lowest BCUT2D eigenvalue weighted by Crippen LogP contribution is -2.37. The van der Waals surface area contributed by atoms with Crippen LogP contribution in [0.5, 0.6) is 0 Å². The second kappa shape index (κ2) is 5.58. The molecule has 1 aromatic heterocycles. The van der Waals surface area contributed by atoms with E-state index in [4.69, 9.17) is 4.74 Å². The molecule has 15 heavy (non-hydrogen) atoms. The minimum absolute atomic E-state index is 0.424. The molecule has 0 amide bonds. The van der Waals surface area contributed by atoms with Crippen LogP contribution in [0.25, 0.3) is 0 Å².